The van der Waals surface area contributed by atoms with Gasteiger partial charge in [0.1, 0.15) is 0 Å². The molecule has 2 rings (SSSR count). The number of sulfonamides is 1. The topological polar surface area (TPSA) is 66.9 Å². The Labute approximate surface area is 140 Å². The molecule has 0 radical (unpaired) electrons. The molecule has 0 saturated carbocycles. The van der Waals surface area contributed by atoms with E-state index in [1.807, 2.05) is 0 Å². The monoisotopic (exact) mass is 362 g/mol. The Morgan fingerprint density at radius 2 is 2.12 bits per heavy atom. The maximum Gasteiger partial charge on any atom is 0.252 e. The molecular weight excluding hydrogens is 342 g/mol. The zero-order valence-corrected chi connectivity index (χ0v) is 14.4. The summed E-state index contributed by atoms with van der Waals surface area (Å²) < 4.78 is 56.4. The first kappa shape index (κ1) is 18.8. The number of carbonyl (C=O) groups excluding carboxylic acids is 1. The quantitative estimate of drug-likeness (QED) is 0.737. The minimum Gasteiger partial charge on any atom is -0.383 e. The maximum atomic E-state index is 12.7. The molecule has 0 atom stereocenters. The Morgan fingerprint density at radius 3 is 2.71 bits per heavy atom. The highest BCUT2D eigenvalue weighted by atomic mass is 32.2. The summed E-state index contributed by atoms with van der Waals surface area (Å²) in [5.74, 6) is -0.188. The lowest BCUT2D eigenvalue weighted by Crippen LogP contribution is -2.37. The van der Waals surface area contributed by atoms with Crippen molar-refractivity contribution in [3.8, 4) is 0 Å². The lowest BCUT2D eigenvalue weighted by Gasteiger charge is -2.22. The van der Waals surface area contributed by atoms with Gasteiger partial charge in [0, 0.05) is 32.8 Å². The van der Waals surface area contributed by atoms with Crippen LogP contribution in [-0.4, -0.2) is 58.4 Å². The van der Waals surface area contributed by atoms with Crippen LogP contribution in [0.5, 0.6) is 0 Å². The minimum absolute atomic E-state index is 0.0104. The number of benzene rings is 1. The highest BCUT2D eigenvalue weighted by Crippen LogP contribution is 2.31. The second-order valence-electron chi connectivity index (χ2n) is 5.46. The summed E-state index contributed by atoms with van der Waals surface area (Å²) >= 11 is 0. The Bertz CT molecular complexity index is 709. The SMILES string of the molecule is COCCN(CC(F)F)S(=O)(=O)c1ccc2c(c1)N(C(C)=O)CC2. The molecule has 0 aromatic heterocycles. The summed E-state index contributed by atoms with van der Waals surface area (Å²) in [6, 6.07) is 4.40. The fourth-order valence-corrected chi connectivity index (χ4v) is 4.07. The normalized spacial score (nSPS) is 14.5. The maximum absolute atomic E-state index is 12.7. The van der Waals surface area contributed by atoms with Gasteiger partial charge in [-0.25, -0.2) is 17.2 Å². The smallest absolute Gasteiger partial charge is 0.252 e. The fourth-order valence-electron chi connectivity index (χ4n) is 2.65. The average molecular weight is 362 g/mol. The lowest BCUT2D eigenvalue weighted by molar-refractivity contribution is -0.116. The molecule has 24 heavy (non-hydrogen) atoms. The van der Waals surface area contributed by atoms with Gasteiger partial charge in [0.25, 0.3) is 6.43 Å². The number of carbonyl (C=O) groups is 1. The van der Waals surface area contributed by atoms with Crippen molar-refractivity contribution in [2.45, 2.75) is 24.7 Å². The third kappa shape index (κ3) is 3.90. The van der Waals surface area contributed by atoms with Crippen molar-refractivity contribution < 1.29 is 26.7 Å². The molecular formula is C15H20F2N2O4S. The van der Waals surface area contributed by atoms with Crippen LogP contribution in [0.1, 0.15) is 12.5 Å². The summed E-state index contributed by atoms with van der Waals surface area (Å²) in [6.07, 6.45) is -2.15. The van der Waals surface area contributed by atoms with E-state index >= 15 is 0 Å². The second-order valence-corrected chi connectivity index (χ2v) is 7.40. The molecule has 1 aliphatic heterocycles. The Hall–Kier alpha value is -1.58. The first-order valence-electron chi connectivity index (χ1n) is 7.45. The number of rotatable bonds is 7. The molecule has 0 N–H and O–H groups in total. The number of ether oxygens (including phenoxy) is 1. The molecule has 1 aliphatic rings. The van der Waals surface area contributed by atoms with Crippen LogP contribution in [0, 0.1) is 0 Å². The van der Waals surface area contributed by atoms with Crippen molar-refractivity contribution in [1.82, 2.24) is 4.31 Å². The molecule has 0 fully saturated rings. The first-order chi connectivity index (χ1) is 11.3. The zero-order valence-electron chi connectivity index (χ0n) is 13.5. The molecule has 1 amide bonds. The van der Waals surface area contributed by atoms with Gasteiger partial charge in [-0.15, -0.1) is 0 Å². The summed E-state index contributed by atoms with van der Waals surface area (Å²) in [5, 5.41) is 0. The number of fused-ring (bicyclic) bond motifs is 1. The number of nitrogens with zero attached hydrogens (tertiary/aromatic N) is 2. The summed E-state index contributed by atoms with van der Waals surface area (Å²) in [4.78, 5) is 13.0. The third-order valence-electron chi connectivity index (χ3n) is 3.86. The largest absolute Gasteiger partial charge is 0.383 e. The van der Waals surface area contributed by atoms with Crippen LogP contribution in [-0.2, 0) is 26.0 Å². The van der Waals surface area contributed by atoms with Crippen LogP contribution in [0.2, 0.25) is 0 Å². The number of hydrogen-bond donors (Lipinski definition) is 0. The number of alkyl halides is 2. The van der Waals surface area contributed by atoms with Gasteiger partial charge in [0.15, 0.2) is 0 Å². The van der Waals surface area contributed by atoms with Crippen LogP contribution in [0.3, 0.4) is 0 Å². The zero-order chi connectivity index (χ0) is 17.9. The van der Waals surface area contributed by atoms with Crippen molar-refractivity contribution in [2.75, 3.05) is 38.3 Å². The lowest BCUT2D eigenvalue weighted by atomic mass is 10.2. The molecule has 1 aromatic carbocycles. The van der Waals surface area contributed by atoms with Gasteiger partial charge >= 0.3 is 0 Å². The molecule has 0 aliphatic carbocycles. The molecule has 0 bridgehead atoms. The van der Waals surface area contributed by atoms with Crippen molar-refractivity contribution in [2.24, 2.45) is 0 Å². The molecule has 134 valence electrons. The number of hydrogen-bond acceptors (Lipinski definition) is 4. The average Bonchev–Trinajstić information content (AvgIpc) is 2.94. The van der Waals surface area contributed by atoms with Crippen molar-refractivity contribution >= 4 is 21.6 Å². The van der Waals surface area contributed by atoms with Gasteiger partial charge < -0.3 is 9.64 Å². The van der Waals surface area contributed by atoms with Crippen LogP contribution in [0.15, 0.2) is 23.1 Å². The van der Waals surface area contributed by atoms with E-state index in [1.165, 1.54) is 31.1 Å². The van der Waals surface area contributed by atoms with E-state index in [9.17, 15) is 22.0 Å². The van der Waals surface area contributed by atoms with E-state index < -0.39 is 23.0 Å². The molecule has 0 unspecified atom stereocenters. The summed E-state index contributed by atoms with van der Waals surface area (Å²) in [6.45, 7) is 0.822. The number of amides is 1. The van der Waals surface area contributed by atoms with E-state index in [0.717, 1.165) is 5.56 Å². The van der Waals surface area contributed by atoms with Crippen LogP contribution >= 0.6 is 0 Å². The predicted octanol–water partition coefficient (Wildman–Crippen LogP) is 1.50. The Balaban J connectivity index is 2.37. The van der Waals surface area contributed by atoms with Gasteiger partial charge in [0.05, 0.1) is 18.0 Å². The highest BCUT2D eigenvalue weighted by molar-refractivity contribution is 7.89. The fraction of sp³-hybridized carbons (Fsp3) is 0.533. The predicted molar refractivity (Wildman–Crippen MR) is 84.8 cm³/mol. The molecule has 0 spiro atoms. The Morgan fingerprint density at radius 1 is 1.42 bits per heavy atom. The van der Waals surface area contributed by atoms with E-state index in [2.05, 4.69) is 0 Å². The second kappa shape index (κ2) is 7.54. The van der Waals surface area contributed by atoms with E-state index in [4.69, 9.17) is 4.74 Å². The summed E-state index contributed by atoms with van der Waals surface area (Å²) in [5.41, 5.74) is 1.38. The van der Waals surface area contributed by atoms with Crippen molar-refractivity contribution in [1.29, 1.82) is 0 Å². The van der Waals surface area contributed by atoms with Gasteiger partial charge in [-0.05, 0) is 24.1 Å². The van der Waals surface area contributed by atoms with Gasteiger partial charge in [-0.2, -0.15) is 4.31 Å². The van der Waals surface area contributed by atoms with Crippen molar-refractivity contribution in [3.63, 3.8) is 0 Å². The summed E-state index contributed by atoms with van der Waals surface area (Å²) in [7, 11) is -2.74. The Kier molecular flexibility index (Phi) is 5.89. The third-order valence-corrected chi connectivity index (χ3v) is 5.72. The molecule has 1 aromatic rings. The molecule has 9 heteroatoms. The van der Waals surface area contributed by atoms with Gasteiger partial charge in [-0.1, -0.05) is 6.07 Å². The molecule has 0 saturated heterocycles. The minimum atomic E-state index is -4.10. The van der Waals surface area contributed by atoms with Crippen LogP contribution < -0.4 is 4.90 Å². The standard InChI is InChI=1S/C15H20F2N2O4S/c1-11(20)19-6-5-12-3-4-13(9-14(12)19)24(21,22)18(7-8-23-2)10-15(16)17/h3-4,9,15H,5-8,10H2,1-2H3. The van der Waals surface area contributed by atoms with Crippen LogP contribution in [0.4, 0.5) is 14.5 Å². The van der Waals surface area contributed by atoms with E-state index in [1.54, 1.807) is 6.07 Å². The van der Waals surface area contributed by atoms with Gasteiger partial charge in [0.2, 0.25) is 15.9 Å². The van der Waals surface area contributed by atoms with Gasteiger partial charge in [-0.3, -0.25) is 4.79 Å². The molecule has 1 heterocycles. The highest BCUT2D eigenvalue weighted by Gasteiger charge is 2.30. The van der Waals surface area contributed by atoms with E-state index in [0.29, 0.717) is 23.0 Å². The van der Waals surface area contributed by atoms with E-state index in [-0.39, 0.29) is 24.0 Å². The molecule has 6 nitrogen and oxygen atoms in total. The number of methoxy groups -OCH3 is 1. The van der Waals surface area contributed by atoms with Crippen molar-refractivity contribution in [3.05, 3.63) is 23.8 Å². The number of halogens is 2. The number of anilines is 1. The first-order valence-corrected chi connectivity index (χ1v) is 8.89. The van der Waals surface area contributed by atoms with Crippen LogP contribution in [0.25, 0.3) is 0 Å².